The molecular formula is C15H17N3O2S. The van der Waals surface area contributed by atoms with E-state index in [4.69, 9.17) is 14.2 Å². The highest BCUT2D eigenvalue weighted by atomic mass is 32.2. The van der Waals surface area contributed by atoms with Gasteiger partial charge >= 0.3 is 0 Å². The van der Waals surface area contributed by atoms with Gasteiger partial charge in [-0.15, -0.1) is 0 Å². The Morgan fingerprint density at radius 1 is 1.33 bits per heavy atom. The maximum atomic E-state index is 5.25. The van der Waals surface area contributed by atoms with E-state index in [2.05, 4.69) is 15.8 Å². The van der Waals surface area contributed by atoms with Crippen molar-refractivity contribution < 1.29 is 9.26 Å². The van der Waals surface area contributed by atoms with Gasteiger partial charge in [0.15, 0.2) is 5.16 Å². The lowest BCUT2D eigenvalue weighted by Gasteiger charge is -2.07. The number of hydrogen-bond donors (Lipinski definition) is 0. The van der Waals surface area contributed by atoms with E-state index < -0.39 is 0 Å². The van der Waals surface area contributed by atoms with Crippen molar-refractivity contribution in [3.63, 3.8) is 0 Å². The number of methoxy groups -OCH3 is 1. The molecule has 21 heavy (non-hydrogen) atoms. The molecule has 1 aromatic carbocycles. The third kappa shape index (κ3) is 3.11. The Labute approximate surface area is 127 Å². The maximum Gasteiger partial charge on any atom is 0.169 e. The van der Waals surface area contributed by atoms with Crippen LogP contribution in [0.2, 0.25) is 0 Å². The zero-order chi connectivity index (χ0) is 14.7. The molecule has 2 aromatic heterocycles. The maximum absolute atomic E-state index is 5.25. The Bertz CT molecular complexity index is 735. The zero-order valence-electron chi connectivity index (χ0n) is 12.1. The molecule has 0 fully saturated rings. The molecule has 0 spiro atoms. The summed E-state index contributed by atoms with van der Waals surface area (Å²) in [6.45, 7) is 3.37. The molecule has 5 nitrogen and oxygen atoms in total. The second-order valence-electron chi connectivity index (χ2n) is 4.75. The van der Waals surface area contributed by atoms with Crippen LogP contribution in [-0.4, -0.2) is 28.4 Å². The molecule has 0 N–H and O–H groups in total. The molecule has 2 heterocycles. The number of benzene rings is 1. The SMILES string of the molecule is COCCn1c(SCc2cc(C)no2)nc2ccccc21. The smallest absolute Gasteiger partial charge is 0.169 e. The molecule has 0 saturated heterocycles. The normalized spacial score (nSPS) is 11.3. The van der Waals surface area contributed by atoms with E-state index in [1.807, 2.05) is 31.2 Å². The number of thioether (sulfide) groups is 1. The van der Waals surface area contributed by atoms with E-state index in [1.54, 1.807) is 18.9 Å². The van der Waals surface area contributed by atoms with E-state index in [1.165, 1.54) is 0 Å². The lowest BCUT2D eigenvalue weighted by molar-refractivity contribution is 0.186. The molecule has 0 atom stereocenters. The molecule has 0 aliphatic rings. The van der Waals surface area contributed by atoms with Crippen molar-refractivity contribution in [2.24, 2.45) is 0 Å². The molecule has 6 heteroatoms. The van der Waals surface area contributed by atoms with E-state index in [0.717, 1.165) is 39.9 Å². The van der Waals surface area contributed by atoms with Crippen molar-refractivity contribution >= 4 is 22.8 Å². The number of nitrogens with zero attached hydrogens (tertiary/aromatic N) is 3. The van der Waals surface area contributed by atoms with Crippen LogP contribution in [0, 0.1) is 6.92 Å². The molecule has 0 saturated carbocycles. The first-order valence-electron chi connectivity index (χ1n) is 6.77. The highest BCUT2D eigenvalue weighted by Gasteiger charge is 2.12. The first-order valence-corrected chi connectivity index (χ1v) is 7.75. The topological polar surface area (TPSA) is 53.1 Å². The molecular weight excluding hydrogens is 286 g/mol. The van der Waals surface area contributed by atoms with Crippen LogP contribution in [0.25, 0.3) is 11.0 Å². The lowest BCUT2D eigenvalue weighted by atomic mass is 10.3. The quantitative estimate of drug-likeness (QED) is 0.654. The summed E-state index contributed by atoms with van der Waals surface area (Å²) in [6, 6.07) is 10.1. The molecule has 0 radical (unpaired) electrons. The average Bonchev–Trinajstić information content (AvgIpc) is 3.06. The molecule has 0 unspecified atom stereocenters. The fourth-order valence-electron chi connectivity index (χ4n) is 2.18. The third-order valence-corrected chi connectivity index (χ3v) is 4.16. The number of para-hydroxylation sites is 2. The van der Waals surface area contributed by atoms with Crippen LogP contribution < -0.4 is 0 Å². The molecule has 3 aromatic rings. The van der Waals surface area contributed by atoms with E-state index in [-0.39, 0.29) is 0 Å². The molecule has 0 aliphatic carbocycles. The number of aryl methyl sites for hydroxylation is 1. The van der Waals surface area contributed by atoms with E-state index in [9.17, 15) is 0 Å². The number of aromatic nitrogens is 3. The fourth-order valence-corrected chi connectivity index (χ4v) is 3.10. The van der Waals surface area contributed by atoms with Crippen LogP contribution in [0.15, 0.2) is 40.0 Å². The Balaban J connectivity index is 1.85. The highest BCUT2D eigenvalue weighted by molar-refractivity contribution is 7.98. The van der Waals surface area contributed by atoms with Crippen LogP contribution in [0.5, 0.6) is 0 Å². The minimum atomic E-state index is 0.662. The molecule has 0 amide bonds. The first-order chi connectivity index (χ1) is 10.3. The van der Waals surface area contributed by atoms with Gasteiger partial charge in [-0.2, -0.15) is 0 Å². The standard InChI is InChI=1S/C15H17N3O2S/c1-11-9-12(20-17-11)10-21-15-16-13-5-3-4-6-14(13)18(15)7-8-19-2/h3-6,9H,7-8,10H2,1-2H3. The van der Waals surface area contributed by atoms with Crippen LogP contribution in [0.4, 0.5) is 0 Å². The Kier molecular flexibility index (Phi) is 4.26. The van der Waals surface area contributed by atoms with Gasteiger partial charge in [-0.05, 0) is 19.1 Å². The Hall–Kier alpha value is -1.79. The van der Waals surface area contributed by atoms with Gasteiger partial charge in [0.2, 0.25) is 0 Å². The minimum Gasteiger partial charge on any atom is -0.383 e. The van der Waals surface area contributed by atoms with Crippen LogP contribution in [0.3, 0.4) is 0 Å². The summed E-state index contributed by atoms with van der Waals surface area (Å²) in [5, 5.41) is 4.88. The number of imidazole rings is 1. The van der Waals surface area contributed by atoms with Crippen LogP contribution in [0.1, 0.15) is 11.5 Å². The number of fused-ring (bicyclic) bond motifs is 1. The van der Waals surface area contributed by atoms with Crippen molar-refractivity contribution in [1.82, 2.24) is 14.7 Å². The van der Waals surface area contributed by atoms with Crippen molar-refractivity contribution in [3.8, 4) is 0 Å². The summed E-state index contributed by atoms with van der Waals surface area (Å²) in [4.78, 5) is 4.70. The van der Waals surface area contributed by atoms with Gasteiger partial charge in [-0.3, -0.25) is 0 Å². The molecule has 0 bridgehead atoms. The van der Waals surface area contributed by atoms with Gasteiger partial charge < -0.3 is 13.8 Å². The number of hydrogen-bond acceptors (Lipinski definition) is 5. The van der Waals surface area contributed by atoms with Gasteiger partial charge in [-0.25, -0.2) is 4.98 Å². The summed E-state index contributed by atoms with van der Waals surface area (Å²) < 4.78 is 12.6. The molecule has 0 aliphatic heterocycles. The van der Waals surface area contributed by atoms with E-state index >= 15 is 0 Å². The predicted octanol–water partition coefficient (Wildman–Crippen LogP) is 3.27. The summed E-state index contributed by atoms with van der Waals surface area (Å²) in [5.74, 6) is 1.58. The predicted molar refractivity (Wildman–Crippen MR) is 82.4 cm³/mol. The lowest BCUT2D eigenvalue weighted by Crippen LogP contribution is -2.05. The largest absolute Gasteiger partial charge is 0.383 e. The number of ether oxygens (including phenoxy) is 1. The van der Waals surface area contributed by atoms with Gasteiger partial charge in [0, 0.05) is 19.7 Å². The van der Waals surface area contributed by atoms with Crippen molar-refractivity contribution in [1.29, 1.82) is 0 Å². The second kappa shape index (κ2) is 6.32. The average molecular weight is 303 g/mol. The summed E-state index contributed by atoms with van der Waals surface area (Å²) in [7, 11) is 1.71. The van der Waals surface area contributed by atoms with Crippen molar-refractivity contribution in [3.05, 3.63) is 41.8 Å². The number of rotatable bonds is 6. The fraction of sp³-hybridized carbons (Fsp3) is 0.333. The highest BCUT2D eigenvalue weighted by Crippen LogP contribution is 2.26. The molecule has 110 valence electrons. The first kappa shape index (κ1) is 14.2. The summed E-state index contributed by atoms with van der Waals surface area (Å²) in [5.41, 5.74) is 3.04. The Morgan fingerprint density at radius 2 is 2.19 bits per heavy atom. The minimum absolute atomic E-state index is 0.662. The van der Waals surface area contributed by atoms with Crippen LogP contribution >= 0.6 is 11.8 Å². The summed E-state index contributed by atoms with van der Waals surface area (Å²) >= 11 is 1.65. The summed E-state index contributed by atoms with van der Waals surface area (Å²) in [6.07, 6.45) is 0. The van der Waals surface area contributed by atoms with E-state index in [0.29, 0.717) is 6.61 Å². The monoisotopic (exact) mass is 303 g/mol. The second-order valence-corrected chi connectivity index (χ2v) is 5.69. The van der Waals surface area contributed by atoms with Gasteiger partial charge in [0.25, 0.3) is 0 Å². The third-order valence-electron chi connectivity index (χ3n) is 3.16. The molecule has 3 rings (SSSR count). The van der Waals surface area contributed by atoms with Gasteiger partial charge in [-0.1, -0.05) is 29.1 Å². The van der Waals surface area contributed by atoms with Gasteiger partial charge in [0.05, 0.1) is 29.1 Å². The zero-order valence-corrected chi connectivity index (χ0v) is 12.9. The van der Waals surface area contributed by atoms with Crippen molar-refractivity contribution in [2.75, 3.05) is 13.7 Å². The van der Waals surface area contributed by atoms with Gasteiger partial charge in [0.1, 0.15) is 5.76 Å². The van der Waals surface area contributed by atoms with Crippen molar-refractivity contribution in [2.45, 2.75) is 24.4 Å². The van der Waals surface area contributed by atoms with Crippen LogP contribution in [-0.2, 0) is 17.0 Å². The Morgan fingerprint density at radius 3 is 2.95 bits per heavy atom.